The van der Waals surface area contributed by atoms with Crippen LogP contribution >= 0.6 is 0 Å². The highest BCUT2D eigenvalue weighted by Gasteiger charge is 2.52. The van der Waals surface area contributed by atoms with Gasteiger partial charge in [0, 0.05) is 5.56 Å². The van der Waals surface area contributed by atoms with E-state index in [1.54, 1.807) is 0 Å². The predicted octanol–water partition coefficient (Wildman–Crippen LogP) is 1.49. The summed E-state index contributed by atoms with van der Waals surface area (Å²) in [6.45, 7) is 2.35. The second-order valence-electron chi connectivity index (χ2n) is 7.33. The first-order chi connectivity index (χ1) is 12.2. The molecule has 3 aromatic carbocycles. The molecular weight excluding hydrogens is 390 g/mol. The fourth-order valence-electron chi connectivity index (χ4n) is 4.52. The number of hydroxylamine groups is 3. The van der Waals surface area contributed by atoms with Crippen molar-refractivity contribution in [1.29, 1.82) is 0 Å². The highest BCUT2D eigenvalue weighted by atomic mass is 79.9. The van der Waals surface area contributed by atoms with Gasteiger partial charge in [-0.05, 0) is 16.8 Å². The molecule has 1 fully saturated rings. The molecule has 3 nitrogen and oxygen atoms in total. The van der Waals surface area contributed by atoms with Gasteiger partial charge in [-0.15, -0.1) is 0 Å². The molecule has 3 atom stereocenters. The van der Waals surface area contributed by atoms with Gasteiger partial charge in [0.2, 0.25) is 0 Å². The van der Waals surface area contributed by atoms with Crippen LogP contribution in [0.1, 0.15) is 17.2 Å². The van der Waals surface area contributed by atoms with Crippen molar-refractivity contribution < 1.29 is 31.2 Å². The van der Waals surface area contributed by atoms with E-state index in [2.05, 4.69) is 73.8 Å². The molecule has 4 heteroatoms. The van der Waals surface area contributed by atoms with Crippen molar-refractivity contribution >= 4 is 10.8 Å². The number of quaternary nitrogens is 1. The van der Waals surface area contributed by atoms with E-state index < -0.39 is 0 Å². The normalized spacial score (nSPS) is 26.5. The maximum absolute atomic E-state index is 6.35. The van der Waals surface area contributed by atoms with Gasteiger partial charge in [-0.3, -0.25) is 0 Å². The Balaban J connectivity index is 0.00000168. The zero-order valence-corrected chi connectivity index (χ0v) is 16.4. The third-order valence-corrected chi connectivity index (χ3v) is 5.64. The van der Waals surface area contributed by atoms with Crippen molar-refractivity contribution in [1.82, 2.24) is 0 Å². The summed E-state index contributed by atoms with van der Waals surface area (Å²) in [7, 11) is 2.22. The van der Waals surface area contributed by atoms with Crippen molar-refractivity contribution in [3.63, 3.8) is 0 Å². The Labute approximate surface area is 164 Å². The average molecular weight is 412 g/mol. The molecule has 26 heavy (non-hydrogen) atoms. The minimum atomic E-state index is 0. The first-order valence-electron chi connectivity index (χ1n) is 8.93. The van der Waals surface area contributed by atoms with Crippen LogP contribution in [0.15, 0.2) is 66.7 Å². The van der Waals surface area contributed by atoms with Crippen LogP contribution < -0.4 is 21.7 Å². The fraction of sp³-hybridized carbons (Fsp3) is 0.273. The zero-order chi connectivity index (χ0) is 16.9. The minimum Gasteiger partial charge on any atom is -1.00 e. The fourth-order valence-corrected chi connectivity index (χ4v) is 4.52. The molecule has 1 saturated heterocycles. The first kappa shape index (κ1) is 17.5. The van der Waals surface area contributed by atoms with E-state index in [9.17, 15) is 0 Å². The second-order valence-corrected chi connectivity index (χ2v) is 7.33. The van der Waals surface area contributed by atoms with E-state index in [1.165, 1.54) is 21.9 Å². The van der Waals surface area contributed by atoms with Crippen LogP contribution in [0.5, 0.6) is 5.75 Å². The van der Waals surface area contributed by atoms with Crippen LogP contribution in [0.25, 0.3) is 10.8 Å². The molecule has 3 aromatic rings. The Bertz CT molecular complexity index is 930. The molecular formula is C22H22BrNO2. The number of nitrogens with zero attached hydrogens (tertiary/aromatic N) is 1. The van der Waals surface area contributed by atoms with Crippen LogP contribution in [0.4, 0.5) is 0 Å². The van der Waals surface area contributed by atoms with E-state index >= 15 is 0 Å². The molecule has 0 amide bonds. The minimum absolute atomic E-state index is 0. The molecule has 0 N–H and O–H groups in total. The van der Waals surface area contributed by atoms with Gasteiger partial charge >= 0.3 is 0 Å². The molecule has 2 aliphatic rings. The monoisotopic (exact) mass is 411 g/mol. The zero-order valence-electron chi connectivity index (χ0n) is 14.8. The molecule has 0 saturated carbocycles. The van der Waals surface area contributed by atoms with Crippen molar-refractivity contribution in [3.8, 4) is 5.75 Å². The lowest BCUT2D eigenvalue weighted by atomic mass is 9.87. The quantitative estimate of drug-likeness (QED) is 0.594. The summed E-state index contributed by atoms with van der Waals surface area (Å²) in [6.07, 6.45) is 0. The molecule has 0 aliphatic carbocycles. The lowest BCUT2D eigenvalue weighted by Crippen LogP contribution is -3.00. The van der Waals surface area contributed by atoms with Gasteiger partial charge in [-0.1, -0.05) is 60.7 Å². The molecule has 5 rings (SSSR count). The molecule has 0 aromatic heterocycles. The topological polar surface area (TPSA) is 18.5 Å². The second kappa shape index (κ2) is 6.69. The highest BCUT2D eigenvalue weighted by molar-refractivity contribution is 5.88. The van der Waals surface area contributed by atoms with Crippen LogP contribution in [0.2, 0.25) is 0 Å². The van der Waals surface area contributed by atoms with Crippen molar-refractivity contribution in [2.75, 3.05) is 20.3 Å². The first-order valence-corrected chi connectivity index (χ1v) is 8.93. The van der Waals surface area contributed by atoms with Gasteiger partial charge < -0.3 is 21.7 Å². The Hall–Kier alpha value is -1.88. The lowest BCUT2D eigenvalue weighted by molar-refractivity contribution is -1.11. The molecule has 2 aliphatic heterocycles. The average Bonchev–Trinajstić information content (AvgIpc) is 2.99. The maximum Gasteiger partial charge on any atom is 0.157 e. The molecule has 0 spiro atoms. The third-order valence-electron chi connectivity index (χ3n) is 5.64. The van der Waals surface area contributed by atoms with Gasteiger partial charge in [0.25, 0.3) is 0 Å². The summed E-state index contributed by atoms with van der Waals surface area (Å²) >= 11 is 0. The summed E-state index contributed by atoms with van der Waals surface area (Å²) in [5, 5.41) is 2.56. The molecule has 1 unspecified atom stereocenters. The largest absolute Gasteiger partial charge is 1.00 e. The third kappa shape index (κ3) is 2.73. The number of benzene rings is 3. The Morgan fingerprint density at radius 2 is 1.69 bits per heavy atom. The summed E-state index contributed by atoms with van der Waals surface area (Å²) in [6, 6.07) is 23.8. The summed E-state index contributed by atoms with van der Waals surface area (Å²) in [5.41, 5.74) is 2.62. The van der Waals surface area contributed by atoms with E-state index in [-0.39, 0.29) is 17.0 Å². The Kier molecular flexibility index (Phi) is 4.51. The van der Waals surface area contributed by atoms with Crippen molar-refractivity contribution in [2.24, 2.45) is 5.92 Å². The van der Waals surface area contributed by atoms with Crippen molar-refractivity contribution in [2.45, 2.75) is 12.6 Å². The molecule has 0 bridgehead atoms. The lowest BCUT2D eigenvalue weighted by Gasteiger charge is -2.37. The van der Waals surface area contributed by atoms with Gasteiger partial charge in [0.1, 0.15) is 18.9 Å². The number of hydrogen-bond donors (Lipinski definition) is 0. The van der Waals surface area contributed by atoms with Gasteiger partial charge in [-0.25, -0.2) is 4.84 Å². The van der Waals surface area contributed by atoms with E-state index in [4.69, 9.17) is 9.57 Å². The predicted molar refractivity (Wildman–Crippen MR) is 98.0 cm³/mol. The van der Waals surface area contributed by atoms with Crippen molar-refractivity contribution in [3.05, 3.63) is 77.9 Å². The number of rotatable bonds is 2. The van der Waals surface area contributed by atoms with Gasteiger partial charge in [-0.2, -0.15) is 4.65 Å². The number of hydrogen-bond acceptors (Lipinski definition) is 2. The molecule has 2 heterocycles. The van der Waals surface area contributed by atoms with Crippen LogP contribution in [-0.2, 0) is 11.4 Å². The highest BCUT2D eigenvalue weighted by Crippen LogP contribution is 2.50. The summed E-state index contributed by atoms with van der Waals surface area (Å²) < 4.78 is 6.68. The van der Waals surface area contributed by atoms with Crippen LogP contribution in [0, 0.1) is 5.92 Å². The molecule has 134 valence electrons. The van der Waals surface area contributed by atoms with Gasteiger partial charge in [0.05, 0.1) is 25.1 Å². The van der Waals surface area contributed by atoms with E-state index in [0.29, 0.717) is 16.6 Å². The number of ether oxygens (including phenoxy) is 1. The van der Waals surface area contributed by atoms with E-state index in [1.807, 2.05) is 0 Å². The number of fused-ring (bicyclic) bond motifs is 5. The Morgan fingerprint density at radius 1 is 0.923 bits per heavy atom. The van der Waals surface area contributed by atoms with Gasteiger partial charge in [0.15, 0.2) is 6.04 Å². The Morgan fingerprint density at radius 3 is 2.54 bits per heavy atom. The maximum atomic E-state index is 6.35. The number of halogens is 1. The summed E-state index contributed by atoms with van der Waals surface area (Å²) in [5.74, 6) is 1.41. The summed E-state index contributed by atoms with van der Waals surface area (Å²) in [4.78, 5) is 6.35. The van der Waals surface area contributed by atoms with Crippen LogP contribution in [-0.4, -0.2) is 24.9 Å². The molecule has 0 radical (unpaired) electrons. The smallest absolute Gasteiger partial charge is 0.157 e. The standard InChI is InChI=1S/C22H22NO2.BrH/c1-23(13-16-7-3-2-4-8-16)22-18(15-25-23)14-24-20-12-11-17-9-5-6-10-19(17)21(20)22;/h2-12,18,22H,13-15H2,1H3;1H/q+1;/p-1/t18-,22-,23?;/m1./s1. The van der Waals surface area contributed by atoms with Crippen LogP contribution in [0.3, 0.4) is 0 Å². The SMILES string of the molecule is C[N+]1(Cc2ccccc2)OC[C@H]2COc3ccc4ccccc4c3[C@@H]21.[Br-]. The van der Waals surface area contributed by atoms with E-state index in [0.717, 1.165) is 25.5 Å².